The van der Waals surface area contributed by atoms with Gasteiger partial charge in [0.25, 0.3) is 0 Å². The van der Waals surface area contributed by atoms with Crippen LogP contribution >= 0.6 is 0 Å². The van der Waals surface area contributed by atoms with Gasteiger partial charge in [0, 0.05) is 19.0 Å². The van der Waals surface area contributed by atoms with Gasteiger partial charge in [-0.15, -0.1) is 0 Å². The minimum absolute atomic E-state index is 0.309. The Bertz CT molecular complexity index is 799. The van der Waals surface area contributed by atoms with Crippen LogP contribution in [-0.2, 0) is 4.74 Å². The van der Waals surface area contributed by atoms with E-state index < -0.39 is 5.60 Å². The van der Waals surface area contributed by atoms with Crippen LogP contribution in [0.4, 0.5) is 4.79 Å². The second-order valence-electron chi connectivity index (χ2n) is 7.44. The Morgan fingerprint density at radius 3 is 2.83 bits per heavy atom. The lowest BCUT2D eigenvalue weighted by atomic mass is 9.98. The third-order valence-electron chi connectivity index (χ3n) is 3.90. The van der Waals surface area contributed by atoms with E-state index in [0.29, 0.717) is 18.4 Å². The van der Waals surface area contributed by atoms with E-state index >= 15 is 0 Å². The van der Waals surface area contributed by atoms with E-state index in [-0.39, 0.29) is 6.09 Å². The summed E-state index contributed by atoms with van der Waals surface area (Å²) in [7, 11) is 0. The maximum absolute atomic E-state index is 12.6. The summed E-state index contributed by atoms with van der Waals surface area (Å²) in [6.07, 6.45) is 2.73. The van der Waals surface area contributed by atoms with Gasteiger partial charge in [0.1, 0.15) is 11.1 Å². The first-order valence-electron chi connectivity index (χ1n) is 8.31. The third-order valence-corrected chi connectivity index (χ3v) is 3.90. The summed E-state index contributed by atoms with van der Waals surface area (Å²) in [6, 6.07) is 5.83. The van der Waals surface area contributed by atoms with E-state index in [4.69, 9.17) is 9.15 Å². The van der Waals surface area contributed by atoms with Crippen molar-refractivity contribution in [1.82, 2.24) is 9.88 Å². The lowest BCUT2D eigenvalue weighted by Gasteiger charge is -2.33. The lowest BCUT2D eigenvalue weighted by Crippen LogP contribution is -2.39. The fourth-order valence-corrected chi connectivity index (χ4v) is 2.87. The molecule has 24 heavy (non-hydrogen) atoms. The largest absolute Gasteiger partial charge is 0.443 e. The Morgan fingerprint density at radius 2 is 2.12 bits per heavy atom. The number of carbonyl (C=O) groups excluding carboxylic acids is 1. The van der Waals surface area contributed by atoms with Crippen LogP contribution in [0.25, 0.3) is 16.8 Å². The number of rotatable bonds is 1. The molecule has 0 radical (unpaired) electrons. The summed E-state index contributed by atoms with van der Waals surface area (Å²) in [6.45, 7) is 10.3. The maximum atomic E-state index is 12.6. The van der Waals surface area contributed by atoms with Crippen molar-refractivity contribution in [2.45, 2.75) is 46.6 Å². The molecule has 0 spiro atoms. The molecule has 2 heterocycles. The molecular weight excluding hydrogens is 304 g/mol. The van der Waals surface area contributed by atoms with Crippen molar-refractivity contribution in [1.29, 1.82) is 0 Å². The number of carbonyl (C=O) groups is 1. The lowest BCUT2D eigenvalue weighted by molar-refractivity contribution is 0.0327. The van der Waals surface area contributed by atoms with Gasteiger partial charge in [-0.3, -0.25) is 4.90 Å². The monoisotopic (exact) mass is 328 g/mol. The first kappa shape index (κ1) is 16.6. The summed E-state index contributed by atoms with van der Waals surface area (Å²) < 4.78 is 11.1. The second-order valence-corrected chi connectivity index (χ2v) is 7.44. The van der Waals surface area contributed by atoms with Gasteiger partial charge < -0.3 is 9.15 Å². The molecule has 5 nitrogen and oxygen atoms in total. The second kappa shape index (κ2) is 5.96. The Morgan fingerprint density at radius 1 is 1.38 bits per heavy atom. The van der Waals surface area contributed by atoms with E-state index in [1.807, 2.05) is 45.9 Å². The van der Waals surface area contributed by atoms with Gasteiger partial charge in [-0.25, -0.2) is 9.78 Å². The molecule has 0 saturated heterocycles. The molecule has 0 fully saturated rings. The fraction of sp³-hybridized carbons (Fsp3) is 0.474. The molecule has 128 valence electrons. The van der Waals surface area contributed by atoms with Crippen molar-refractivity contribution in [3.63, 3.8) is 0 Å². The highest BCUT2D eigenvalue weighted by Crippen LogP contribution is 2.31. The number of hydrogen-bond donors (Lipinski definition) is 0. The maximum Gasteiger partial charge on any atom is 0.414 e. The molecule has 1 amide bonds. The number of amides is 1. The van der Waals surface area contributed by atoms with Crippen molar-refractivity contribution < 1.29 is 13.9 Å². The molecule has 0 saturated carbocycles. The minimum Gasteiger partial charge on any atom is -0.443 e. The molecule has 1 aliphatic rings. The van der Waals surface area contributed by atoms with Crippen LogP contribution in [0.3, 0.4) is 0 Å². The molecule has 1 aromatic carbocycles. The molecule has 0 N–H and O–H groups in total. The molecule has 5 heteroatoms. The highest BCUT2D eigenvalue weighted by Gasteiger charge is 2.29. The Kier molecular flexibility index (Phi) is 4.11. The summed E-state index contributed by atoms with van der Waals surface area (Å²) in [5.74, 6) is 1.04. The Labute approximate surface area is 142 Å². The highest BCUT2D eigenvalue weighted by atomic mass is 16.6. The topological polar surface area (TPSA) is 55.6 Å². The molecule has 0 bridgehead atoms. The van der Waals surface area contributed by atoms with E-state index in [9.17, 15) is 4.79 Å². The van der Waals surface area contributed by atoms with Gasteiger partial charge in [0.15, 0.2) is 11.5 Å². The van der Waals surface area contributed by atoms with Gasteiger partial charge in [-0.2, -0.15) is 0 Å². The van der Waals surface area contributed by atoms with Crippen molar-refractivity contribution >= 4 is 22.9 Å². The minimum atomic E-state index is -0.518. The molecule has 1 aliphatic heterocycles. The van der Waals surface area contributed by atoms with Crippen LogP contribution in [0.5, 0.6) is 0 Å². The predicted octanol–water partition coefficient (Wildman–Crippen LogP) is 4.75. The standard InChI is InChI=1S/C19H24N2O3/c1-12-6-8-16(21(11-12)18(22)24-19(3,4)5)14-7-9-17-15(10-14)20-13(2)23-17/h7-10,12H,6,11H2,1-5H3/t12-/m0/s1. The van der Waals surface area contributed by atoms with Crippen LogP contribution in [0, 0.1) is 12.8 Å². The zero-order chi connectivity index (χ0) is 17.5. The average Bonchev–Trinajstić information content (AvgIpc) is 2.84. The first-order chi connectivity index (χ1) is 11.2. The zero-order valence-corrected chi connectivity index (χ0v) is 14.9. The molecule has 3 rings (SSSR count). The van der Waals surface area contributed by atoms with Gasteiger partial charge in [-0.1, -0.05) is 13.0 Å². The summed E-state index contributed by atoms with van der Waals surface area (Å²) in [5, 5.41) is 0. The summed E-state index contributed by atoms with van der Waals surface area (Å²) in [5.41, 5.74) is 2.87. The van der Waals surface area contributed by atoms with Crippen molar-refractivity contribution in [2.75, 3.05) is 6.54 Å². The van der Waals surface area contributed by atoms with Crippen molar-refractivity contribution in [3.8, 4) is 0 Å². The van der Waals surface area contributed by atoms with Crippen molar-refractivity contribution in [3.05, 3.63) is 35.7 Å². The van der Waals surface area contributed by atoms with Crippen LogP contribution in [0.15, 0.2) is 28.7 Å². The van der Waals surface area contributed by atoms with E-state index in [1.165, 1.54) is 0 Å². The van der Waals surface area contributed by atoms with Gasteiger partial charge >= 0.3 is 6.09 Å². The average molecular weight is 328 g/mol. The number of ether oxygens (including phenoxy) is 1. The van der Waals surface area contributed by atoms with E-state index in [0.717, 1.165) is 28.8 Å². The fourth-order valence-electron chi connectivity index (χ4n) is 2.87. The number of nitrogens with zero attached hydrogens (tertiary/aromatic N) is 2. The molecular formula is C19H24N2O3. The smallest absolute Gasteiger partial charge is 0.414 e. The van der Waals surface area contributed by atoms with E-state index in [1.54, 1.807) is 4.90 Å². The highest BCUT2D eigenvalue weighted by molar-refractivity contribution is 5.86. The van der Waals surface area contributed by atoms with Crippen molar-refractivity contribution in [2.24, 2.45) is 5.92 Å². The number of allylic oxidation sites excluding steroid dienone is 1. The van der Waals surface area contributed by atoms with Crippen LogP contribution in [0.1, 0.15) is 45.6 Å². The molecule has 2 aromatic rings. The molecule has 1 aromatic heterocycles. The zero-order valence-electron chi connectivity index (χ0n) is 14.9. The summed E-state index contributed by atoms with van der Waals surface area (Å²) >= 11 is 0. The predicted molar refractivity (Wildman–Crippen MR) is 93.4 cm³/mol. The van der Waals surface area contributed by atoms with Crippen LogP contribution in [-0.4, -0.2) is 28.1 Å². The Balaban J connectivity index is 1.96. The quantitative estimate of drug-likeness (QED) is 0.758. The van der Waals surface area contributed by atoms with Crippen LogP contribution < -0.4 is 0 Å². The number of fused-ring (bicyclic) bond motifs is 1. The first-order valence-corrected chi connectivity index (χ1v) is 8.31. The van der Waals surface area contributed by atoms with Gasteiger partial charge in [-0.05, 0) is 51.3 Å². The molecule has 0 aliphatic carbocycles. The SMILES string of the molecule is Cc1nc2cc(C3=CC[C@H](C)CN3C(=O)OC(C)(C)C)ccc2o1. The number of hydrogen-bond acceptors (Lipinski definition) is 4. The number of aromatic nitrogens is 1. The Hall–Kier alpha value is -2.30. The van der Waals surface area contributed by atoms with Gasteiger partial charge in [0.2, 0.25) is 0 Å². The molecule has 0 unspecified atom stereocenters. The molecule has 1 atom stereocenters. The number of oxazole rings is 1. The van der Waals surface area contributed by atoms with Crippen LogP contribution in [0.2, 0.25) is 0 Å². The summed E-state index contributed by atoms with van der Waals surface area (Å²) in [4.78, 5) is 18.8. The normalized spacial score (nSPS) is 18.6. The number of aryl methyl sites for hydroxylation is 1. The van der Waals surface area contributed by atoms with Gasteiger partial charge in [0.05, 0.1) is 5.70 Å². The van der Waals surface area contributed by atoms with E-state index in [2.05, 4.69) is 18.0 Å². The third kappa shape index (κ3) is 3.45. The number of benzene rings is 1.